The zero-order valence-electron chi connectivity index (χ0n) is 10.2. The molecule has 0 aromatic rings. The summed E-state index contributed by atoms with van der Waals surface area (Å²) in [6, 6.07) is 0. The monoisotopic (exact) mass is 292 g/mol. The molecule has 0 saturated heterocycles. The first kappa shape index (κ1) is 23.1. The minimum absolute atomic E-state index is 0. The Morgan fingerprint density at radius 1 is 0.667 bits per heavy atom. The van der Waals surface area contributed by atoms with Crippen LogP contribution in [0.15, 0.2) is 0 Å². The molecule has 0 aliphatic carbocycles. The van der Waals surface area contributed by atoms with Crippen molar-refractivity contribution in [1.82, 2.24) is 0 Å². The average molecular weight is 293 g/mol. The summed E-state index contributed by atoms with van der Waals surface area (Å²) in [6.45, 7) is -1.96. The van der Waals surface area contributed by atoms with Crippen LogP contribution in [0.1, 0.15) is 0 Å². The second kappa shape index (κ2) is 12.0. The van der Waals surface area contributed by atoms with Crippen LogP contribution >= 0.6 is 12.4 Å². The van der Waals surface area contributed by atoms with Crippen LogP contribution < -0.4 is 11.5 Å². The third-order valence-electron chi connectivity index (χ3n) is 2.38. The van der Waals surface area contributed by atoms with Crippen LogP contribution in [0, 0.1) is 5.41 Å². The lowest BCUT2D eigenvalue weighted by atomic mass is 9.92. The molecule has 0 amide bonds. The Labute approximate surface area is 112 Å². The zero-order valence-corrected chi connectivity index (χ0v) is 11.0. The van der Waals surface area contributed by atoms with Gasteiger partial charge in [0, 0.05) is 6.54 Å². The van der Waals surface area contributed by atoms with E-state index >= 15 is 0 Å². The lowest BCUT2D eigenvalue weighted by Crippen LogP contribution is -2.50. The zero-order chi connectivity index (χ0) is 13.9. The van der Waals surface area contributed by atoms with Crippen molar-refractivity contribution in [2.45, 2.75) is 5.54 Å². The molecule has 9 heteroatoms. The summed E-state index contributed by atoms with van der Waals surface area (Å²) >= 11 is 0. The summed E-state index contributed by atoms with van der Waals surface area (Å²) in [6.07, 6.45) is 0. The third kappa shape index (κ3) is 8.14. The van der Waals surface area contributed by atoms with Crippen LogP contribution in [0.25, 0.3) is 0 Å². The first-order valence-electron chi connectivity index (χ1n) is 5.07. The molecule has 0 aliphatic rings. The van der Waals surface area contributed by atoms with E-state index in [4.69, 9.17) is 42.1 Å². The van der Waals surface area contributed by atoms with Gasteiger partial charge in [-0.15, -0.1) is 12.4 Å². The van der Waals surface area contributed by atoms with Gasteiger partial charge in [0.15, 0.2) is 0 Å². The van der Waals surface area contributed by atoms with E-state index < -0.39 is 30.8 Å². The van der Waals surface area contributed by atoms with Crippen LogP contribution in [0.2, 0.25) is 0 Å². The standard InChI is InChI=1S/C5H13NO3.C4H11NO3.ClH/c6-1-5(2-7,3-8)4-9;5-4(1-6,2-7)3-8;/h7-9H,1-4,6H2;6-8H,1-3,5H2;1H. The predicted molar refractivity (Wildman–Crippen MR) is 68.2 cm³/mol. The molecule has 0 bridgehead atoms. The van der Waals surface area contributed by atoms with Crippen molar-refractivity contribution < 1.29 is 30.6 Å². The molecule has 114 valence electrons. The molecular weight excluding hydrogens is 268 g/mol. The van der Waals surface area contributed by atoms with E-state index in [2.05, 4.69) is 0 Å². The van der Waals surface area contributed by atoms with E-state index in [1.54, 1.807) is 0 Å². The minimum atomic E-state index is -1.21. The van der Waals surface area contributed by atoms with Gasteiger partial charge in [0.25, 0.3) is 0 Å². The fourth-order valence-electron chi connectivity index (χ4n) is 0.494. The molecule has 0 spiro atoms. The largest absolute Gasteiger partial charge is 0.396 e. The minimum Gasteiger partial charge on any atom is -0.396 e. The lowest BCUT2D eigenvalue weighted by molar-refractivity contribution is 0.0126. The summed E-state index contributed by atoms with van der Waals surface area (Å²) in [7, 11) is 0. The van der Waals surface area contributed by atoms with E-state index in [0.717, 1.165) is 0 Å². The Morgan fingerprint density at radius 2 is 0.944 bits per heavy atom. The fourth-order valence-corrected chi connectivity index (χ4v) is 0.494. The number of aliphatic hydroxyl groups is 6. The highest BCUT2D eigenvalue weighted by atomic mass is 35.5. The van der Waals surface area contributed by atoms with Gasteiger partial charge >= 0.3 is 0 Å². The topological polar surface area (TPSA) is 173 Å². The maximum Gasteiger partial charge on any atom is 0.0856 e. The van der Waals surface area contributed by atoms with Crippen molar-refractivity contribution in [2.75, 3.05) is 46.2 Å². The summed E-state index contributed by atoms with van der Waals surface area (Å²) in [5, 5.41) is 50.8. The summed E-state index contributed by atoms with van der Waals surface area (Å²) in [5.74, 6) is 0. The number of hydrogen-bond donors (Lipinski definition) is 8. The van der Waals surface area contributed by atoms with E-state index in [0.29, 0.717) is 0 Å². The van der Waals surface area contributed by atoms with Crippen LogP contribution in [-0.2, 0) is 0 Å². The Bertz CT molecular complexity index is 153. The molecule has 0 atom stereocenters. The van der Waals surface area contributed by atoms with E-state index in [9.17, 15) is 0 Å². The molecule has 0 aromatic carbocycles. The van der Waals surface area contributed by atoms with Gasteiger partial charge in [-0.3, -0.25) is 0 Å². The van der Waals surface area contributed by atoms with Crippen molar-refractivity contribution in [3.63, 3.8) is 0 Å². The summed E-state index contributed by atoms with van der Waals surface area (Å²) < 4.78 is 0. The molecule has 8 nitrogen and oxygen atoms in total. The molecule has 0 aromatic heterocycles. The second-order valence-electron chi connectivity index (χ2n) is 4.02. The predicted octanol–water partition coefficient (Wildman–Crippen LogP) is -4.01. The molecule has 0 aliphatic heterocycles. The second-order valence-corrected chi connectivity index (χ2v) is 4.02. The molecule has 0 rings (SSSR count). The Morgan fingerprint density at radius 3 is 0.944 bits per heavy atom. The van der Waals surface area contributed by atoms with Crippen LogP contribution in [-0.4, -0.2) is 82.4 Å². The van der Waals surface area contributed by atoms with Gasteiger partial charge in [-0.2, -0.15) is 0 Å². The smallest absolute Gasteiger partial charge is 0.0856 e. The van der Waals surface area contributed by atoms with Gasteiger partial charge in [0.2, 0.25) is 0 Å². The first-order chi connectivity index (χ1) is 7.92. The molecule has 0 unspecified atom stereocenters. The molecular formula is C9H25ClN2O6. The fraction of sp³-hybridized carbons (Fsp3) is 1.00. The normalized spacial score (nSPS) is 11.3. The third-order valence-corrected chi connectivity index (χ3v) is 2.38. The summed E-state index contributed by atoms with van der Waals surface area (Å²) in [5.41, 5.74) is 8.21. The van der Waals surface area contributed by atoms with E-state index in [1.807, 2.05) is 0 Å². The van der Waals surface area contributed by atoms with Gasteiger partial charge in [-0.05, 0) is 0 Å². The number of halogens is 1. The van der Waals surface area contributed by atoms with Crippen molar-refractivity contribution in [1.29, 1.82) is 0 Å². The summed E-state index contributed by atoms with van der Waals surface area (Å²) in [4.78, 5) is 0. The molecule has 0 saturated carbocycles. The van der Waals surface area contributed by atoms with Crippen molar-refractivity contribution in [2.24, 2.45) is 16.9 Å². The van der Waals surface area contributed by atoms with E-state index in [1.165, 1.54) is 0 Å². The molecule has 10 N–H and O–H groups in total. The van der Waals surface area contributed by atoms with Gasteiger partial charge in [0.1, 0.15) is 0 Å². The SMILES string of the molecule is Cl.NC(CO)(CO)CO.NCC(CO)(CO)CO. The number of nitrogens with two attached hydrogens (primary N) is 2. The lowest BCUT2D eigenvalue weighted by Gasteiger charge is -2.24. The quantitative estimate of drug-likeness (QED) is 0.234. The van der Waals surface area contributed by atoms with Crippen LogP contribution in [0.4, 0.5) is 0 Å². The van der Waals surface area contributed by atoms with Crippen LogP contribution in [0.3, 0.4) is 0 Å². The maximum atomic E-state index is 8.58. The Hall–Kier alpha value is -0.0300. The van der Waals surface area contributed by atoms with E-state index in [-0.39, 0.29) is 38.8 Å². The maximum absolute atomic E-state index is 8.58. The highest BCUT2D eigenvalue weighted by Gasteiger charge is 2.25. The van der Waals surface area contributed by atoms with Crippen molar-refractivity contribution in [3.8, 4) is 0 Å². The van der Waals surface area contributed by atoms with Crippen molar-refractivity contribution >= 4 is 12.4 Å². The highest BCUT2D eigenvalue weighted by Crippen LogP contribution is 2.10. The Kier molecular flexibility index (Phi) is 15.4. The van der Waals surface area contributed by atoms with Gasteiger partial charge < -0.3 is 42.1 Å². The Balaban J connectivity index is -0.000000238. The van der Waals surface area contributed by atoms with Gasteiger partial charge in [-0.25, -0.2) is 0 Å². The molecule has 0 heterocycles. The number of rotatable bonds is 7. The molecule has 0 radical (unpaired) electrons. The number of hydrogen-bond acceptors (Lipinski definition) is 8. The molecule has 18 heavy (non-hydrogen) atoms. The highest BCUT2D eigenvalue weighted by molar-refractivity contribution is 5.85. The van der Waals surface area contributed by atoms with Gasteiger partial charge in [0.05, 0.1) is 50.6 Å². The first-order valence-corrected chi connectivity index (χ1v) is 5.07. The van der Waals surface area contributed by atoms with Crippen molar-refractivity contribution in [3.05, 3.63) is 0 Å². The molecule has 0 fully saturated rings. The number of aliphatic hydroxyl groups excluding tert-OH is 6. The van der Waals surface area contributed by atoms with Crippen LogP contribution in [0.5, 0.6) is 0 Å². The van der Waals surface area contributed by atoms with Gasteiger partial charge in [-0.1, -0.05) is 0 Å². The average Bonchev–Trinajstić information content (AvgIpc) is 2.42.